The van der Waals surface area contributed by atoms with Crippen LogP contribution in [0.1, 0.15) is 48.8 Å². The van der Waals surface area contributed by atoms with Crippen molar-refractivity contribution in [3.8, 4) is 0 Å². The largest absolute Gasteiger partial charge is 0.452 e. The van der Waals surface area contributed by atoms with Gasteiger partial charge >= 0.3 is 5.97 Å². The number of aryl methyl sites for hydroxylation is 1. The first-order chi connectivity index (χ1) is 16.5. The minimum Gasteiger partial charge on any atom is -0.452 e. The van der Waals surface area contributed by atoms with E-state index in [0.717, 1.165) is 17.7 Å². The zero-order valence-electron chi connectivity index (χ0n) is 19.5. The molecule has 0 saturated heterocycles. The van der Waals surface area contributed by atoms with Gasteiger partial charge in [0, 0.05) is 17.1 Å². The molecule has 4 rings (SSSR count). The molecule has 1 aromatic heterocycles. The summed E-state index contributed by atoms with van der Waals surface area (Å²) in [6, 6.07) is 7.10. The van der Waals surface area contributed by atoms with Gasteiger partial charge in [0.25, 0.3) is 5.91 Å². The summed E-state index contributed by atoms with van der Waals surface area (Å²) in [5.74, 6) is -8.51. The SMILES string of the molecule is CC(C)(C)C1CCc2nc3ccccc3c(C(=O)OCC(=O)Nc3c(F)c(F)cc(F)c3F)c2C1. The van der Waals surface area contributed by atoms with E-state index >= 15 is 0 Å². The molecular formula is C26H24F4N2O3. The fourth-order valence-corrected chi connectivity index (χ4v) is 4.42. The van der Waals surface area contributed by atoms with E-state index in [-0.39, 0.29) is 11.5 Å². The van der Waals surface area contributed by atoms with Crippen molar-refractivity contribution in [1.29, 1.82) is 0 Å². The van der Waals surface area contributed by atoms with E-state index in [1.807, 2.05) is 0 Å². The lowest BCUT2D eigenvalue weighted by Gasteiger charge is -2.35. The van der Waals surface area contributed by atoms with Gasteiger partial charge in [0.15, 0.2) is 29.9 Å². The first-order valence-corrected chi connectivity index (χ1v) is 11.2. The number of amides is 1. The highest BCUT2D eigenvalue weighted by Crippen LogP contribution is 2.39. The molecule has 1 aliphatic rings. The Morgan fingerprint density at radius 3 is 2.40 bits per heavy atom. The monoisotopic (exact) mass is 488 g/mol. The minimum absolute atomic E-state index is 0.00122. The molecule has 0 spiro atoms. The summed E-state index contributed by atoms with van der Waals surface area (Å²) in [6.07, 6.45) is 2.21. The maximum atomic E-state index is 13.9. The Morgan fingerprint density at radius 1 is 1.09 bits per heavy atom. The fraction of sp³-hybridized carbons (Fsp3) is 0.346. The lowest BCUT2D eigenvalue weighted by molar-refractivity contribution is -0.119. The van der Waals surface area contributed by atoms with E-state index < -0.39 is 47.4 Å². The molecule has 0 saturated carbocycles. The summed E-state index contributed by atoms with van der Waals surface area (Å²) in [5.41, 5.74) is 1.16. The normalized spacial score (nSPS) is 15.6. The van der Waals surface area contributed by atoms with Crippen LogP contribution in [0.25, 0.3) is 10.9 Å². The molecule has 1 amide bonds. The van der Waals surface area contributed by atoms with E-state index in [1.165, 1.54) is 0 Å². The summed E-state index contributed by atoms with van der Waals surface area (Å²) >= 11 is 0. The van der Waals surface area contributed by atoms with Crippen LogP contribution in [0.3, 0.4) is 0 Å². The summed E-state index contributed by atoms with van der Waals surface area (Å²) in [4.78, 5) is 30.1. The summed E-state index contributed by atoms with van der Waals surface area (Å²) in [7, 11) is 0. The number of nitrogens with one attached hydrogen (secondary N) is 1. The number of anilines is 1. The van der Waals surface area contributed by atoms with Crippen molar-refractivity contribution in [2.75, 3.05) is 11.9 Å². The Hall–Kier alpha value is -3.49. The predicted molar refractivity (Wildman–Crippen MR) is 122 cm³/mol. The number of esters is 1. The highest BCUT2D eigenvalue weighted by Gasteiger charge is 2.33. The van der Waals surface area contributed by atoms with Crippen LogP contribution in [0.5, 0.6) is 0 Å². The number of benzene rings is 2. The number of aromatic nitrogens is 1. The van der Waals surface area contributed by atoms with Gasteiger partial charge in [-0.05, 0) is 42.2 Å². The molecule has 2 aromatic carbocycles. The minimum atomic E-state index is -1.76. The quantitative estimate of drug-likeness (QED) is 0.289. The Kier molecular flexibility index (Phi) is 6.53. The second-order valence-corrected chi connectivity index (χ2v) is 9.70. The lowest BCUT2D eigenvalue weighted by Crippen LogP contribution is -2.29. The van der Waals surface area contributed by atoms with E-state index in [9.17, 15) is 27.2 Å². The molecule has 1 atom stereocenters. The second kappa shape index (κ2) is 9.28. The smallest absolute Gasteiger partial charge is 0.339 e. The van der Waals surface area contributed by atoms with E-state index in [0.29, 0.717) is 35.2 Å². The van der Waals surface area contributed by atoms with Crippen molar-refractivity contribution in [3.63, 3.8) is 0 Å². The van der Waals surface area contributed by atoms with Crippen LogP contribution in [0.2, 0.25) is 0 Å². The van der Waals surface area contributed by atoms with Gasteiger partial charge in [-0.25, -0.2) is 22.4 Å². The van der Waals surface area contributed by atoms with Crippen molar-refractivity contribution in [2.24, 2.45) is 11.3 Å². The summed E-state index contributed by atoms with van der Waals surface area (Å²) in [5, 5.41) is 2.30. The zero-order chi connectivity index (χ0) is 25.5. The molecule has 0 fully saturated rings. The number of rotatable bonds is 4. The van der Waals surface area contributed by atoms with Gasteiger partial charge in [-0.2, -0.15) is 0 Å². The number of fused-ring (bicyclic) bond motifs is 2. The van der Waals surface area contributed by atoms with Crippen LogP contribution in [0.4, 0.5) is 23.2 Å². The Morgan fingerprint density at radius 2 is 1.74 bits per heavy atom. The van der Waals surface area contributed by atoms with Gasteiger partial charge in [0.05, 0.1) is 11.1 Å². The van der Waals surface area contributed by atoms with Crippen molar-refractivity contribution < 1.29 is 31.9 Å². The average Bonchev–Trinajstić information content (AvgIpc) is 2.81. The van der Waals surface area contributed by atoms with E-state index in [4.69, 9.17) is 9.72 Å². The fourth-order valence-electron chi connectivity index (χ4n) is 4.42. The third-order valence-electron chi connectivity index (χ3n) is 6.40. The maximum Gasteiger partial charge on any atom is 0.339 e. The molecule has 9 heteroatoms. The van der Waals surface area contributed by atoms with Crippen molar-refractivity contribution in [2.45, 2.75) is 40.0 Å². The molecule has 1 heterocycles. The zero-order valence-corrected chi connectivity index (χ0v) is 19.5. The highest BCUT2D eigenvalue weighted by molar-refractivity contribution is 6.06. The highest BCUT2D eigenvalue weighted by atomic mass is 19.2. The standard InChI is InChI=1S/C26H24F4N2O3/c1-26(2,3)13-8-9-19-15(10-13)21(14-6-4-5-7-18(14)31-19)25(34)35-12-20(33)32-24-22(29)16(27)11-17(28)23(24)30/h4-7,11,13H,8-10,12H2,1-3H3,(H,32,33). The van der Waals surface area contributed by atoms with Gasteiger partial charge in [0.2, 0.25) is 0 Å². The van der Waals surface area contributed by atoms with Crippen molar-refractivity contribution in [3.05, 3.63) is 70.4 Å². The number of ether oxygens (including phenoxy) is 1. The Bertz CT molecular complexity index is 1310. The van der Waals surface area contributed by atoms with Gasteiger partial charge < -0.3 is 10.1 Å². The van der Waals surface area contributed by atoms with E-state index in [2.05, 4.69) is 20.8 Å². The number of carbonyl (C=O) groups is 2. The van der Waals surface area contributed by atoms with Crippen LogP contribution in [-0.4, -0.2) is 23.5 Å². The topological polar surface area (TPSA) is 68.3 Å². The van der Waals surface area contributed by atoms with Gasteiger partial charge in [-0.15, -0.1) is 0 Å². The first kappa shape index (κ1) is 24.6. The molecule has 0 aliphatic heterocycles. The molecule has 5 nitrogen and oxygen atoms in total. The number of halogens is 4. The number of pyridine rings is 1. The summed E-state index contributed by atoms with van der Waals surface area (Å²) in [6.45, 7) is 5.48. The molecule has 3 aromatic rings. The number of hydrogen-bond donors (Lipinski definition) is 1. The molecule has 35 heavy (non-hydrogen) atoms. The first-order valence-electron chi connectivity index (χ1n) is 11.2. The number of hydrogen-bond acceptors (Lipinski definition) is 4. The average molecular weight is 488 g/mol. The Labute approximate surface area is 199 Å². The number of carbonyl (C=O) groups excluding carboxylic acids is 2. The molecule has 0 radical (unpaired) electrons. The molecule has 0 bridgehead atoms. The second-order valence-electron chi connectivity index (χ2n) is 9.70. The number of para-hydroxylation sites is 1. The maximum absolute atomic E-state index is 13.9. The van der Waals surface area contributed by atoms with Crippen LogP contribution < -0.4 is 5.32 Å². The van der Waals surface area contributed by atoms with Gasteiger partial charge in [-0.3, -0.25) is 9.78 Å². The van der Waals surface area contributed by atoms with Crippen LogP contribution in [0.15, 0.2) is 30.3 Å². The van der Waals surface area contributed by atoms with Gasteiger partial charge in [0.1, 0.15) is 5.69 Å². The van der Waals surface area contributed by atoms with Crippen LogP contribution >= 0.6 is 0 Å². The lowest BCUT2D eigenvalue weighted by atomic mass is 9.70. The molecular weight excluding hydrogens is 464 g/mol. The summed E-state index contributed by atoms with van der Waals surface area (Å²) < 4.78 is 59.7. The van der Waals surface area contributed by atoms with Crippen molar-refractivity contribution >= 4 is 28.5 Å². The Balaban J connectivity index is 1.61. The molecule has 1 aliphatic carbocycles. The van der Waals surface area contributed by atoms with Crippen LogP contribution in [0, 0.1) is 34.6 Å². The van der Waals surface area contributed by atoms with E-state index in [1.54, 1.807) is 29.6 Å². The molecule has 1 unspecified atom stereocenters. The predicted octanol–water partition coefficient (Wildman–Crippen LogP) is 5.74. The third kappa shape index (κ3) is 4.85. The van der Waals surface area contributed by atoms with Crippen LogP contribution in [-0.2, 0) is 22.4 Å². The van der Waals surface area contributed by atoms with Gasteiger partial charge in [-0.1, -0.05) is 39.0 Å². The molecule has 1 N–H and O–H groups in total. The molecule has 184 valence electrons. The van der Waals surface area contributed by atoms with Crippen molar-refractivity contribution in [1.82, 2.24) is 4.98 Å². The third-order valence-corrected chi connectivity index (χ3v) is 6.40. The number of nitrogens with zero attached hydrogens (tertiary/aromatic N) is 1.